The minimum Gasteiger partial charge on any atom is -0.274 e. The van der Waals surface area contributed by atoms with Gasteiger partial charge in [0, 0.05) is 18.9 Å². The van der Waals surface area contributed by atoms with Gasteiger partial charge in [0.15, 0.2) is 0 Å². The van der Waals surface area contributed by atoms with Crippen LogP contribution in [0.2, 0.25) is 0 Å². The molecule has 5 heteroatoms. The van der Waals surface area contributed by atoms with Crippen molar-refractivity contribution >= 4 is 21.9 Å². The summed E-state index contributed by atoms with van der Waals surface area (Å²) in [6.07, 6.45) is 3.37. The predicted molar refractivity (Wildman–Crippen MR) is 49.8 cm³/mol. The number of nitrogens with zero attached hydrogens (tertiary/aromatic N) is 3. The van der Waals surface area contributed by atoms with Crippen molar-refractivity contribution < 1.29 is 4.84 Å². The van der Waals surface area contributed by atoms with Gasteiger partial charge in [0.25, 0.3) is 0 Å². The highest BCUT2D eigenvalue weighted by Crippen LogP contribution is 2.10. The lowest BCUT2D eigenvalue weighted by atomic mass is 10.6. The van der Waals surface area contributed by atoms with Crippen LogP contribution in [0.15, 0.2) is 16.9 Å². The Hall–Kier alpha value is -0.680. The van der Waals surface area contributed by atoms with Gasteiger partial charge < -0.3 is 0 Å². The summed E-state index contributed by atoms with van der Waals surface area (Å²) in [6, 6.07) is 0. The molecule has 0 fully saturated rings. The summed E-state index contributed by atoms with van der Waals surface area (Å²) in [5.74, 6) is 0.572. The first kappa shape index (κ1) is 9.41. The lowest BCUT2D eigenvalue weighted by Crippen LogP contribution is -2.22. The van der Waals surface area contributed by atoms with Crippen molar-refractivity contribution in [1.29, 1.82) is 0 Å². The Morgan fingerprint density at radius 3 is 2.50 bits per heavy atom. The van der Waals surface area contributed by atoms with E-state index in [4.69, 9.17) is 4.84 Å². The zero-order valence-electron chi connectivity index (χ0n) is 6.99. The highest BCUT2D eigenvalue weighted by atomic mass is 79.9. The van der Waals surface area contributed by atoms with Gasteiger partial charge in [-0.1, -0.05) is 0 Å². The van der Waals surface area contributed by atoms with Crippen LogP contribution in [0, 0.1) is 0 Å². The van der Waals surface area contributed by atoms with Crippen LogP contribution in [0.25, 0.3) is 0 Å². The van der Waals surface area contributed by atoms with Crippen LogP contribution in [-0.2, 0) is 4.84 Å². The SMILES string of the molecule is CCN(OC)c1ncc(Br)cn1. The monoisotopic (exact) mass is 231 g/mol. The first-order valence-electron chi connectivity index (χ1n) is 3.57. The van der Waals surface area contributed by atoms with Crippen molar-refractivity contribution in [2.24, 2.45) is 0 Å². The van der Waals surface area contributed by atoms with Crippen LogP contribution >= 0.6 is 15.9 Å². The van der Waals surface area contributed by atoms with E-state index in [0.29, 0.717) is 5.95 Å². The topological polar surface area (TPSA) is 38.2 Å². The van der Waals surface area contributed by atoms with Gasteiger partial charge in [-0.15, -0.1) is 0 Å². The molecule has 1 heterocycles. The molecule has 0 aromatic carbocycles. The molecule has 1 rings (SSSR count). The molecule has 0 N–H and O–H groups in total. The smallest absolute Gasteiger partial charge is 0.249 e. The molecule has 0 bridgehead atoms. The molecule has 0 aliphatic rings. The van der Waals surface area contributed by atoms with E-state index in [0.717, 1.165) is 11.0 Å². The highest BCUT2D eigenvalue weighted by molar-refractivity contribution is 9.10. The number of hydroxylamine groups is 1. The molecule has 0 amide bonds. The predicted octanol–water partition coefficient (Wildman–Crippen LogP) is 1.63. The standard InChI is InChI=1S/C7H10BrN3O/c1-3-11(12-2)7-9-4-6(8)5-10-7/h4-5H,3H2,1-2H3. The van der Waals surface area contributed by atoms with Crippen LogP contribution in [0.3, 0.4) is 0 Å². The van der Waals surface area contributed by atoms with Gasteiger partial charge >= 0.3 is 0 Å². The second-order valence-corrected chi connectivity index (χ2v) is 2.99. The normalized spacial score (nSPS) is 9.92. The van der Waals surface area contributed by atoms with E-state index in [2.05, 4.69) is 25.9 Å². The summed E-state index contributed by atoms with van der Waals surface area (Å²) in [6.45, 7) is 2.69. The summed E-state index contributed by atoms with van der Waals surface area (Å²) in [7, 11) is 1.59. The highest BCUT2D eigenvalue weighted by Gasteiger charge is 2.04. The Kier molecular flexibility index (Phi) is 3.43. The van der Waals surface area contributed by atoms with Gasteiger partial charge in [-0.3, -0.25) is 4.84 Å². The van der Waals surface area contributed by atoms with Gasteiger partial charge in [0.05, 0.1) is 11.6 Å². The van der Waals surface area contributed by atoms with E-state index >= 15 is 0 Å². The molecule has 12 heavy (non-hydrogen) atoms. The maximum Gasteiger partial charge on any atom is 0.249 e. The van der Waals surface area contributed by atoms with Gasteiger partial charge in [-0.25, -0.2) is 15.0 Å². The van der Waals surface area contributed by atoms with Crippen LogP contribution in [0.4, 0.5) is 5.95 Å². The van der Waals surface area contributed by atoms with Gasteiger partial charge in [-0.05, 0) is 22.9 Å². The molecule has 0 atom stereocenters. The fourth-order valence-electron chi connectivity index (χ4n) is 0.786. The van der Waals surface area contributed by atoms with Crippen LogP contribution in [-0.4, -0.2) is 23.6 Å². The van der Waals surface area contributed by atoms with Crippen molar-refractivity contribution in [3.8, 4) is 0 Å². The Bertz CT molecular complexity index is 235. The van der Waals surface area contributed by atoms with Crippen molar-refractivity contribution in [3.63, 3.8) is 0 Å². The molecule has 0 saturated heterocycles. The third-order valence-electron chi connectivity index (χ3n) is 1.34. The largest absolute Gasteiger partial charge is 0.274 e. The molecule has 0 aliphatic heterocycles. The molecule has 0 unspecified atom stereocenters. The quantitative estimate of drug-likeness (QED) is 0.742. The first-order valence-corrected chi connectivity index (χ1v) is 4.36. The average Bonchev–Trinajstić information content (AvgIpc) is 2.10. The van der Waals surface area contributed by atoms with Crippen LogP contribution in [0.1, 0.15) is 6.92 Å². The summed E-state index contributed by atoms with van der Waals surface area (Å²) >= 11 is 3.25. The van der Waals surface area contributed by atoms with E-state index in [9.17, 15) is 0 Å². The van der Waals surface area contributed by atoms with E-state index in [1.54, 1.807) is 24.6 Å². The molecule has 0 radical (unpaired) electrons. The molecule has 4 nitrogen and oxygen atoms in total. The summed E-state index contributed by atoms with van der Waals surface area (Å²) in [5.41, 5.74) is 0. The Labute approximate surface area is 79.7 Å². The fourth-order valence-corrected chi connectivity index (χ4v) is 0.991. The second-order valence-electron chi connectivity index (χ2n) is 2.08. The Morgan fingerprint density at radius 2 is 2.08 bits per heavy atom. The van der Waals surface area contributed by atoms with E-state index in [1.807, 2.05) is 6.92 Å². The molecule has 0 spiro atoms. The molecular formula is C7H10BrN3O. The average molecular weight is 232 g/mol. The third-order valence-corrected chi connectivity index (χ3v) is 1.75. The van der Waals surface area contributed by atoms with Crippen molar-refractivity contribution in [1.82, 2.24) is 9.97 Å². The number of anilines is 1. The van der Waals surface area contributed by atoms with Gasteiger partial charge in [0.1, 0.15) is 0 Å². The number of hydrogen-bond donors (Lipinski definition) is 0. The van der Waals surface area contributed by atoms with Crippen LogP contribution < -0.4 is 5.06 Å². The zero-order valence-corrected chi connectivity index (χ0v) is 8.58. The molecule has 1 aromatic heterocycles. The summed E-state index contributed by atoms with van der Waals surface area (Å²) in [5, 5.41) is 1.60. The minimum atomic E-state index is 0.572. The fraction of sp³-hybridized carbons (Fsp3) is 0.429. The van der Waals surface area contributed by atoms with E-state index in [1.165, 1.54) is 0 Å². The number of halogens is 1. The Morgan fingerprint density at radius 1 is 1.50 bits per heavy atom. The molecule has 0 aliphatic carbocycles. The lowest BCUT2D eigenvalue weighted by Gasteiger charge is -2.16. The maximum absolute atomic E-state index is 5.02. The minimum absolute atomic E-state index is 0.572. The number of aromatic nitrogens is 2. The lowest BCUT2D eigenvalue weighted by molar-refractivity contribution is 0.166. The summed E-state index contributed by atoms with van der Waals surface area (Å²) < 4.78 is 0.860. The van der Waals surface area contributed by atoms with Crippen LogP contribution in [0.5, 0.6) is 0 Å². The van der Waals surface area contributed by atoms with Crippen molar-refractivity contribution in [2.75, 3.05) is 18.7 Å². The first-order chi connectivity index (χ1) is 5.77. The van der Waals surface area contributed by atoms with Gasteiger partial charge in [0.2, 0.25) is 5.95 Å². The van der Waals surface area contributed by atoms with Gasteiger partial charge in [-0.2, -0.15) is 0 Å². The molecular weight excluding hydrogens is 222 g/mol. The Balaban J connectivity index is 2.80. The zero-order chi connectivity index (χ0) is 8.97. The second kappa shape index (κ2) is 4.37. The number of rotatable bonds is 3. The molecule has 1 aromatic rings. The van der Waals surface area contributed by atoms with Crippen molar-refractivity contribution in [3.05, 3.63) is 16.9 Å². The number of hydrogen-bond acceptors (Lipinski definition) is 4. The molecule has 66 valence electrons. The molecule has 0 saturated carbocycles. The van der Waals surface area contributed by atoms with E-state index in [-0.39, 0.29) is 0 Å². The summed E-state index contributed by atoms with van der Waals surface area (Å²) in [4.78, 5) is 13.1. The van der Waals surface area contributed by atoms with Crippen molar-refractivity contribution in [2.45, 2.75) is 6.92 Å². The maximum atomic E-state index is 5.02. The van der Waals surface area contributed by atoms with E-state index < -0.39 is 0 Å². The third kappa shape index (κ3) is 2.15.